The minimum atomic E-state index is -0.0194. The molecule has 1 aliphatic rings. The maximum absolute atomic E-state index is 11.8. The third-order valence-electron chi connectivity index (χ3n) is 2.63. The Kier molecular flexibility index (Phi) is 2.42. The first-order chi connectivity index (χ1) is 7.11. The maximum Gasteiger partial charge on any atom is 0.277 e. The van der Waals surface area contributed by atoms with Crippen molar-refractivity contribution in [2.24, 2.45) is 7.05 Å². The van der Waals surface area contributed by atoms with E-state index in [2.05, 4.69) is 19.2 Å². The van der Waals surface area contributed by atoms with Gasteiger partial charge in [-0.05, 0) is 5.92 Å². The van der Waals surface area contributed by atoms with Crippen LogP contribution in [0, 0.1) is 0 Å². The second-order valence-electron chi connectivity index (χ2n) is 4.13. The van der Waals surface area contributed by atoms with Crippen LogP contribution in [0.5, 0.6) is 5.75 Å². The van der Waals surface area contributed by atoms with Crippen molar-refractivity contribution in [2.75, 3.05) is 18.5 Å². The molecule has 0 radical (unpaired) electrons. The number of aromatic nitrogens is 1. The zero-order valence-corrected chi connectivity index (χ0v) is 9.33. The van der Waals surface area contributed by atoms with Crippen LogP contribution in [0.15, 0.2) is 11.0 Å². The molecule has 82 valence electrons. The molecule has 1 aliphatic heterocycles. The van der Waals surface area contributed by atoms with E-state index in [9.17, 15) is 4.79 Å². The SMILES string of the molecule is CC(C)c1cn(C)c(=O)c2c1OCCN2. The van der Waals surface area contributed by atoms with Crippen molar-refractivity contribution in [1.82, 2.24) is 4.57 Å². The van der Waals surface area contributed by atoms with E-state index < -0.39 is 0 Å². The van der Waals surface area contributed by atoms with Gasteiger partial charge in [-0.1, -0.05) is 13.8 Å². The topological polar surface area (TPSA) is 43.3 Å². The van der Waals surface area contributed by atoms with Crippen LogP contribution in [0.4, 0.5) is 5.69 Å². The minimum absolute atomic E-state index is 0.0194. The molecule has 2 rings (SSSR count). The molecule has 0 aromatic carbocycles. The number of pyridine rings is 1. The summed E-state index contributed by atoms with van der Waals surface area (Å²) < 4.78 is 7.18. The predicted octanol–water partition coefficient (Wildman–Crippen LogP) is 1.31. The highest BCUT2D eigenvalue weighted by Gasteiger charge is 2.20. The maximum atomic E-state index is 11.8. The van der Waals surface area contributed by atoms with E-state index in [1.54, 1.807) is 11.6 Å². The van der Waals surface area contributed by atoms with Gasteiger partial charge in [0.2, 0.25) is 0 Å². The first kappa shape index (κ1) is 10.1. The fourth-order valence-corrected chi connectivity index (χ4v) is 1.80. The average Bonchev–Trinajstić information content (AvgIpc) is 2.23. The summed E-state index contributed by atoms with van der Waals surface area (Å²) in [6.07, 6.45) is 1.86. The number of rotatable bonds is 1. The molecule has 4 nitrogen and oxygen atoms in total. The lowest BCUT2D eigenvalue weighted by molar-refractivity contribution is 0.316. The lowest BCUT2D eigenvalue weighted by Gasteiger charge is -2.23. The van der Waals surface area contributed by atoms with Gasteiger partial charge in [0, 0.05) is 25.4 Å². The van der Waals surface area contributed by atoms with E-state index in [1.807, 2.05) is 6.20 Å². The lowest BCUT2D eigenvalue weighted by atomic mass is 10.0. The Morgan fingerprint density at radius 1 is 1.53 bits per heavy atom. The second kappa shape index (κ2) is 3.61. The van der Waals surface area contributed by atoms with Crippen molar-refractivity contribution in [3.05, 3.63) is 22.1 Å². The van der Waals surface area contributed by atoms with Gasteiger partial charge in [0.05, 0.1) is 0 Å². The molecular weight excluding hydrogens is 192 g/mol. The number of ether oxygens (including phenoxy) is 1. The van der Waals surface area contributed by atoms with E-state index >= 15 is 0 Å². The molecule has 1 aromatic rings. The molecule has 1 aromatic heterocycles. The molecule has 4 heteroatoms. The van der Waals surface area contributed by atoms with Crippen LogP contribution in [0.1, 0.15) is 25.3 Å². The first-order valence-electron chi connectivity index (χ1n) is 5.21. The fraction of sp³-hybridized carbons (Fsp3) is 0.545. The fourth-order valence-electron chi connectivity index (χ4n) is 1.80. The number of anilines is 1. The van der Waals surface area contributed by atoms with Crippen molar-refractivity contribution < 1.29 is 4.74 Å². The summed E-state index contributed by atoms with van der Waals surface area (Å²) in [4.78, 5) is 11.8. The Balaban J connectivity index is 2.67. The van der Waals surface area contributed by atoms with Gasteiger partial charge in [0.15, 0.2) is 5.75 Å². The third kappa shape index (κ3) is 1.60. The highest BCUT2D eigenvalue weighted by atomic mass is 16.5. The monoisotopic (exact) mass is 208 g/mol. The first-order valence-corrected chi connectivity index (χ1v) is 5.21. The Bertz CT molecular complexity index is 435. The van der Waals surface area contributed by atoms with E-state index in [-0.39, 0.29) is 5.56 Å². The Morgan fingerprint density at radius 3 is 2.93 bits per heavy atom. The Labute approximate surface area is 88.9 Å². The molecule has 2 heterocycles. The van der Waals surface area contributed by atoms with Crippen LogP contribution in [0.2, 0.25) is 0 Å². The van der Waals surface area contributed by atoms with Gasteiger partial charge in [-0.15, -0.1) is 0 Å². The molecule has 0 fully saturated rings. The van der Waals surface area contributed by atoms with E-state index in [0.29, 0.717) is 24.8 Å². The summed E-state index contributed by atoms with van der Waals surface area (Å²) in [5.74, 6) is 1.09. The van der Waals surface area contributed by atoms with Crippen LogP contribution in [-0.4, -0.2) is 17.7 Å². The number of hydrogen-bond acceptors (Lipinski definition) is 3. The smallest absolute Gasteiger partial charge is 0.277 e. The summed E-state index contributed by atoms with van der Waals surface area (Å²) in [6, 6.07) is 0. The van der Waals surface area contributed by atoms with Gasteiger partial charge in [-0.2, -0.15) is 0 Å². The van der Waals surface area contributed by atoms with Crippen LogP contribution in [0.25, 0.3) is 0 Å². The zero-order valence-electron chi connectivity index (χ0n) is 9.33. The summed E-state index contributed by atoms with van der Waals surface area (Å²) >= 11 is 0. The molecule has 0 unspecified atom stereocenters. The molecule has 1 N–H and O–H groups in total. The van der Waals surface area contributed by atoms with E-state index in [1.165, 1.54) is 0 Å². The van der Waals surface area contributed by atoms with Crippen LogP contribution in [-0.2, 0) is 7.05 Å². The van der Waals surface area contributed by atoms with Crippen LogP contribution >= 0.6 is 0 Å². The summed E-state index contributed by atoms with van der Waals surface area (Å²) in [7, 11) is 1.77. The normalized spacial score (nSPS) is 14.4. The average molecular weight is 208 g/mol. The summed E-state index contributed by atoms with van der Waals surface area (Å²) in [5, 5.41) is 3.11. The van der Waals surface area contributed by atoms with Crippen molar-refractivity contribution >= 4 is 5.69 Å². The van der Waals surface area contributed by atoms with Crippen molar-refractivity contribution in [1.29, 1.82) is 0 Å². The van der Waals surface area contributed by atoms with Crippen LogP contribution < -0.4 is 15.6 Å². The highest BCUT2D eigenvalue weighted by Crippen LogP contribution is 2.32. The largest absolute Gasteiger partial charge is 0.489 e. The number of hydrogen-bond donors (Lipinski definition) is 1. The quantitative estimate of drug-likeness (QED) is 0.756. The molecule has 0 aliphatic carbocycles. The van der Waals surface area contributed by atoms with E-state index in [0.717, 1.165) is 11.3 Å². The summed E-state index contributed by atoms with van der Waals surface area (Å²) in [5.41, 5.74) is 1.67. The molecule has 0 amide bonds. The predicted molar refractivity (Wildman–Crippen MR) is 59.8 cm³/mol. The van der Waals surface area contributed by atoms with Crippen LogP contribution in [0.3, 0.4) is 0 Å². The van der Waals surface area contributed by atoms with E-state index in [4.69, 9.17) is 4.74 Å². The Hall–Kier alpha value is -1.45. The second-order valence-corrected chi connectivity index (χ2v) is 4.13. The van der Waals surface area contributed by atoms with Gasteiger partial charge in [0.1, 0.15) is 12.3 Å². The highest BCUT2D eigenvalue weighted by molar-refractivity contribution is 5.60. The molecule has 0 saturated heterocycles. The van der Waals surface area contributed by atoms with Gasteiger partial charge < -0.3 is 14.6 Å². The van der Waals surface area contributed by atoms with Gasteiger partial charge >= 0.3 is 0 Å². The number of nitrogens with one attached hydrogen (secondary N) is 1. The minimum Gasteiger partial charge on any atom is -0.489 e. The molecular formula is C11H16N2O2. The lowest BCUT2D eigenvalue weighted by Crippen LogP contribution is -2.29. The van der Waals surface area contributed by atoms with Gasteiger partial charge in [0.25, 0.3) is 5.56 Å². The Morgan fingerprint density at radius 2 is 2.27 bits per heavy atom. The number of fused-ring (bicyclic) bond motifs is 1. The third-order valence-corrected chi connectivity index (χ3v) is 2.63. The van der Waals surface area contributed by atoms with Crippen molar-refractivity contribution in [3.63, 3.8) is 0 Å². The zero-order chi connectivity index (χ0) is 11.0. The van der Waals surface area contributed by atoms with Crippen molar-refractivity contribution in [2.45, 2.75) is 19.8 Å². The number of aryl methyl sites for hydroxylation is 1. The molecule has 0 atom stereocenters. The molecule has 0 spiro atoms. The standard InChI is InChI=1S/C11H16N2O2/c1-7(2)8-6-13(3)11(14)9-10(8)15-5-4-12-9/h6-7,12H,4-5H2,1-3H3. The summed E-state index contributed by atoms with van der Waals surface area (Å²) in [6.45, 7) is 5.51. The number of nitrogens with zero attached hydrogens (tertiary/aromatic N) is 1. The molecule has 0 bridgehead atoms. The molecule has 0 saturated carbocycles. The van der Waals surface area contributed by atoms with Crippen molar-refractivity contribution in [3.8, 4) is 5.75 Å². The van der Waals surface area contributed by atoms with Gasteiger partial charge in [-0.25, -0.2) is 0 Å². The van der Waals surface area contributed by atoms with Gasteiger partial charge in [-0.3, -0.25) is 4.79 Å². The molecule has 15 heavy (non-hydrogen) atoms.